The first-order chi connectivity index (χ1) is 9.01. The van der Waals surface area contributed by atoms with Gasteiger partial charge in [-0.25, -0.2) is 0 Å². The van der Waals surface area contributed by atoms with Crippen molar-refractivity contribution >= 4 is 0 Å². The Morgan fingerprint density at radius 2 is 2.26 bits per heavy atom. The van der Waals surface area contributed by atoms with Gasteiger partial charge in [-0.05, 0) is 44.4 Å². The van der Waals surface area contributed by atoms with Crippen molar-refractivity contribution in [1.29, 1.82) is 0 Å². The Balaban J connectivity index is 2.81. The summed E-state index contributed by atoms with van der Waals surface area (Å²) in [6, 6.07) is 0.282. The van der Waals surface area contributed by atoms with Crippen LogP contribution in [0.15, 0.2) is 36.6 Å². The highest BCUT2D eigenvalue weighted by atomic mass is 15.1. The zero-order valence-electron chi connectivity index (χ0n) is 12.9. The Morgan fingerprint density at radius 3 is 2.79 bits per heavy atom. The van der Waals surface area contributed by atoms with Crippen molar-refractivity contribution in [1.82, 2.24) is 4.90 Å². The van der Waals surface area contributed by atoms with E-state index >= 15 is 0 Å². The lowest BCUT2D eigenvalue weighted by Crippen LogP contribution is -2.35. The van der Waals surface area contributed by atoms with Gasteiger partial charge < -0.3 is 10.6 Å². The zero-order chi connectivity index (χ0) is 14.4. The highest BCUT2D eigenvalue weighted by Crippen LogP contribution is 2.39. The number of nitrogens with two attached hydrogens (primary N) is 1. The van der Waals surface area contributed by atoms with Crippen LogP contribution in [0.4, 0.5) is 0 Å². The predicted octanol–water partition coefficient (Wildman–Crippen LogP) is 3.72. The van der Waals surface area contributed by atoms with Gasteiger partial charge in [-0.3, -0.25) is 0 Å². The molecule has 3 unspecified atom stereocenters. The van der Waals surface area contributed by atoms with Gasteiger partial charge in [-0.1, -0.05) is 31.2 Å². The molecule has 0 spiro atoms. The quantitative estimate of drug-likeness (QED) is 0.709. The van der Waals surface area contributed by atoms with Crippen molar-refractivity contribution in [2.75, 3.05) is 13.6 Å². The highest BCUT2D eigenvalue weighted by Gasteiger charge is 2.28. The molecule has 3 atom stereocenters. The van der Waals surface area contributed by atoms with Crippen molar-refractivity contribution in [3.63, 3.8) is 0 Å². The van der Waals surface area contributed by atoms with Crippen LogP contribution in [0.25, 0.3) is 0 Å². The average molecular weight is 262 g/mol. The summed E-state index contributed by atoms with van der Waals surface area (Å²) in [5, 5.41) is 0. The highest BCUT2D eigenvalue weighted by molar-refractivity contribution is 5.17. The fraction of sp³-hybridized carbons (Fsp3) is 0.647. The van der Waals surface area contributed by atoms with E-state index in [9.17, 15) is 0 Å². The number of hydrogen-bond acceptors (Lipinski definition) is 2. The normalized spacial score (nSPS) is 26.4. The first-order valence-corrected chi connectivity index (χ1v) is 7.41. The van der Waals surface area contributed by atoms with Gasteiger partial charge in [0.2, 0.25) is 0 Å². The molecule has 0 aromatic heterocycles. The summed E-state index contributed by atoms with van der Waals surface area (Å²) in [4.78, 5) is 2.18. The number of allylic oxidation sites excluding steroid dienone is 3. The Hall–Kier alpha value is -1.02. The van der Waals surface area contributed by atoms with Crippen LogP contribution in [-0.4, -0.2) is 24.5 Å². The van der Waals surface area contributed by atoms with Crippen molar-refractivity contribution in [2.24, 2.45) is 17.6 Å². The van der Waals surface area contributed by atoms with E-state index in [1.807, 2.05) is 13.0 Å². The summed E-state index contributed by atoms with van der Waals surface area (Å²) in [7, 11) is 2.08. The Kier molecular flexibility index (Phi) is 6.36. The summed E-state index contributed by atoms with van der Waals surface area (Å²) in [6.45, 7) is 12.9. The van der Waals surface area contributed by atoms with E-state index in [0.29, 0.717) is 12.5 Å². The van der Waals surface area contributed by atoms with Crippen LogP contribution in [0, 0.1) is 11.8 Å². The fourth-order valence-electron chi connectivity index (χ4n) is 2.99. The van der Waals surface area contributed by atoms with Crippen LogP contribution in [0.3, 0.4) is 0 Å². The predicted molar refractivity (Wildman–Crippen MR) is 84.8 cm³/mol. The van der Waals surface area contributed by atoms with E-state index < -0.39 is 0 Å². The van der Waals surface area contributed by atoms with Crippen LogP contribution < -0.4 is 5.73 Å². The third-order valence-corrected chi connectivity index (χ3v) is 4.48. The van der Waals surface area contributed by atoms with Gasteiger partial charge in [-0.2, -0.15) is 0 Å². The average Bonchev–Trinajstić information content (AvgIpc) is 2.73. The van der Waals surface area contributed by atoms with Crippen molar-refractivity contribution in [3.05, 3.63) is 36.6 Å². The molecule has 1 rings (SSSR count). The molecule has 2 N–H and O–H groups in total. The van der Waals surface area contributed by atoms with Crippen molar-refractivity contribution < 1.29 is 0 Å². The largest absolute Gasteiger partial charge is 0.371 e. The Labute approximate surface area is 119 Å². The summed E-state index contributed by atoms with van der Waals surface area (Å²) >= 11 is 0. The molecule has 2 nitrogen and oxygen atoms in total. The molecule has 0 radical (unpaired) electrons. The minimum Gasteiger partial charge on any atom is -0.371 e. The number of nitrogens with zero attached hydrogens (tertiary/aromatic N) is 1. The molecule has 0 heterocycles. The number of likely N-dealkylation sites (N-methyl/N-ethyl adjacent to an activating group) is 1. The summed E-state index contributed by atoms with van der Waals surface area (Å²) < 4.78 is 0. The van der Waals surface area contributed by atoms with E-state index in [2.05, 4.69) is 38.1 Å². The standard InChI is InChI=1S/C17H30N2/c1-6-7-8-17-14(4)9-10-15(17)11-16(12-18)19(5)13(2)3/h6,11,14,16-17H,1-2,7-10,12,18H2,3-5H3/b15-11+. The van der Waals surface area contributed by atoms with Crippen LogP contribution >= 0.6 is 0 Å². The Morgan fingerprint density at radius 1 is 1.58 bits per heavy atom. The molecule has 1 fully saturated rings. The zero-order valence-corrected chi connectivity index (χ0v) is 12.9. The smallest absolute Gasteiger partial charge is 0.0591 e. The van der Waals surface area contributed by atoms with Gasteiger partial charge in [0, 0.05) is 19.3 Å². The molecule has 0 aliphatic heterocycles. The monoisotopic (exact) mass is 262 g/mol. The van der Waals surface area contributed by atoms with Gasteiger partial charge >= 0.3 is 0 Å². The van der Waals surface area contributed by atoms with Crippen LogP contribution in [0.2, 0.25) is 0 Å². The van der Waals surface area contributed by atoms with Crippen LogP contribution in [-0.2, 0) is 0 Å². The van der Waals surface area contributed by atoms with Gasteiger partial charge in [0.1, 0.15) is 0 Å². The molecule has 0 aromatic rings. The molecule has 2 heteroatoms. The summed E-state index contributed by atoms with van der Waals surface area (Å²) in [5.41, 5.74) is 8.59. The molecule has 108 valence electrons. The first kappa shape index (κ1) is 16.0. The van der Waals surface area contributed by atoms with Gasteiger partial charge in [0.25, 0.3) is 0 Å². The molecule has 19 heavy (non-hydrogen) atoms. The maximum Gasteiger partial charge on any atom is 0.0591 e. The minimum atomic E-state index is 0.282. The van der Waals surface area contributed by atoms with E-state index in [-0.39, 0.29) is 6.04 Å². The second-order valence-electron chi connectivity index (χ2n) is 5.88. The maximum atomic E-state index is 5.93. The minimum absolute atomic E-state index is 0.282. The van der Waals surface area contributed by atoms with E-state index in [1.165, 1.54) is 19.3 Å². The maximum absolute atomic E-state index is 5.93. The number of rotatable bonds is 7. The van der Waals surface area contributed by atoms with E-state index in [4.69, 9.17) is 5.73 Å². The molecular weight excluding hydrogens is 232 g/mol. The molecule has 1 aliphatic rings. The first-order valence-electron chi connectivity index (χ1n) is 7.41. The lowest BCUT2D eigenvalue weighted by molar-refractivity contribution is 0.355. The summed E-state index contributed by atoms with van der Waals surface area (Å²) in [5.74, 6) is 1.50. The lowest BCUT2D eigenvalue weighted by atomic mass is 9.89. The molecule has 0 saturated heterocycles. The van der Waals surface area contributed by atoms with Gasteiger partial charge in [0.05, 0.1) is 6.04 Å². The van der Waals surface area contributed by atoms with Crippen molar-refractivity contribution in [2.45, 2.75) is 45.6 Å². The molecular formula is C17H30N2. The molecule has 1 saturated carbocycles. The summed E-state index contributed by atoms with van der Waals surface area (Å²) in [6.07, 6.45) is 9.29. The number of hydrogen-bond donors (Lipinski definition) is 1. The second kappa shape index (κ2) is 7.54. The van der Waals surface area contributed by atoms with Gasteiger partial charge in [-0.15, -0.1) is 6.58 Å². The second-order valence-corrected chi connectivity index (χ2v) is 5.88. The molecule has 0 bridgehead atoms. The van der Waals surface area contributed by atoms with E-state index in [1.54, 1.807) is 5.57 Å². The third kappa shape index (κ3) is 4.24. The molecule has 0 aromatic carbocycles. The molecule has 0 amide bonds. The van der Waals surface area contributed by atoms with Crippen LogP contribution in [0.5, 0.6) is 0 Å². The van der Waals surface area contributed by atoms with Gasteiger partial charge in [0.15, 0.2) is 0 Å². The fourth-order valence-corrected chi connectivity index (χ4v) is 2.99. The Bertz CT molecular complexity index is 343. The van der Waals surface area contributed by atoms with Crippen molar-refractivity contribution in [3.8, 4) is 0 Å². The van der Waals surface area contributed by atoms with Crippen LogP contribution in [0.1, 0.15) is 39.5 Å². The SMILES string of the molecule is C=CCCC1/C(=C/C(CN)N(C)C(=C)C)CCC1C. The lowest BCUT2D eigenvalue weighted by Gasteiger charge is -2.28. The topological polar surface area (TPSA) is 29.3 Å². The molecule has 1 aliphatic carbocycles. The van der Waals surface area contributed by atoms with E-state index in [0.717, 1.165) is 18.0 Å². The third-order valence-electron chi connectivity index (χ3n) is 4.48.